The van der Waals surface area contributed by atoms with Gasteiger partial charge in [-0.05, 0) is 78.8 Å². The Labute approximate surface area is 161 Å². The first-order chi connectivity index (χ1) is 12.6. The van der Waals surface area contributed by atoms with Crippen molar-refractivity contribution in [1.82, 2.24) is 9.78 Å². The molecule has 0 radical (unpaired) electrons. The molecule has 0 amide bonds. The zero-order chi connectivity index (χ0) is 18.1. The van der Waals surface area contributed by atoms with Crippen LogP contribution in [0.3, 0.4) is 0 Å². The average molecular weight is 387 g/mol. The van der Waals surface area contributed by atoms with Crippen LogP contribution in [0.4, 0.5) is 4.39 Å². The highest BCUT2D eigenvalue weighted by Crippen LogP contribution is 2.35. The van der Waals surface area contributed by atoms with E-state index in [4.69, 9.17) is 23.2 Å². The van der Waals surface area contributed by atoms with Gasteiger partial charge in [-0.3, -0.25) is 0 Å². The molecule has 1 aromatic heterocycles. The molecular weight excluding hydrogens is 370 g/mol. The molecule has 5 heteroatoms. The summed E-state index contributed by atoms with van der Waals surface area (Å²) < 4.78 is 15.1. The van der Waals surface area contributed by atoms with Crippen molar-refractivity contribution in [3.05, 3.63) is 81.3 Å². The maximum atomic E-state index is 13.2. The number of halogens is 3. The molecule has 0 aliphatic heterocycles. The second-order valence-corrected chi connectivity index (χ2v) is 7.30. The fourth-order valence-electron chi connectivity index (χ4n) is 3.39. The molecule has 3 aromatic rings. The maximum absolute atomic E-state index is 13.2. The van der Waals surface area contributed by atoms with E-state index in [0.717, 1.165) is 42.6 Å². The average Bonchev–Trinajstić information content (AvgIpc) is 2.93. The van der Waals surface area contributed by atoms with Crippen LogP contribution in [0.1, 0.15) is 36.1 Å². The zero-order valence-corrected chi connectivity index (χ0v) is 15.6. The summed E-state index contributed by atoms with van der Waals surface area (Å²) in [7, 11) is 0. The minimum Gasteiger partial charge on any atom is -0.232 e. The molecule has 0 saturated heterocycles. The molecule has 2 aromatic carbocycles. The van der Waals surface area contributed by atoms with Crippen LogP contribution in [-0.4, -0.2) is 9.78 Å². The lowest BCUT2D eigenvalue weighted by Crippen LogP contribution is -2.03. The standard InChI is InChI=1S/C21H17Cl2FN2/c22-17-7-10-20(19(23)12-17)26-21-15(3-1-2-4-16(21)13-25-26)11-14-5-8-18(24)9-6-14/h5-13H,1-4H2/b15-11+. The van der Waals surface area contributed by atoms with E-state index in [1.807, 2.05) is 23.0 Å². The van der Waals surface area contributed by atoms with Crippen LogP contribution in [0.2, 0.25) is 10.0 Å². The Balaban J connectivity index is 1.85. The second-order valence-electron chi connectivity index (χ2n) is 6.45. The molecule has 1 heterocycles. The number of hydrogen-bond acceptors (Lipinski definition) is 1. The summed E-state index contributed by atoms with van der Waals surface area (Å²) >= 11 is 12.5. The van der Waals surface area contributed by atoms with Crippen molar-refractivity contribution in [3.8, 4) is 5.69 Å². The number of allylic oxidation sites excluding steroid dienone is 1. The van der Waals surface area contributed by atoms with E-state index in [-0.39, 0.29) is 5.82 Å². The number of hydrogen-bond donors (Lipinski definition) is 0. The topological polar surface area (TPSA) is 17.8 Å². The molecule has 132 valence electrons. The van der Waals surface area contributed by atoms with E-state index in [0.29, 0.717) is 10.0 Å². The summed E-state index contributed by atoms with van der Waals surface area (Å²) in [5, 5.41) is 5.75. The van der Waals surface area contributed by atoms with Crippen molar-refractivity contribution in [1.29, 1.82) is 0 Å². The monoisotopic (exact) mass is 386 g/mol. The van der Waals surface area contributed by atoms with Crippen LogP contribution < -0.4 is 0 Å². The van der Waals surface area contributed by atoms with Gasteiger partial charge in [0.2, 0.25) is 0 Å². The van der Waals surface area contributed by atoms with Crippen molar-refractivity contribution in [3.63, 3.8) is 0 Å². The third kappa shape index (κ3) is 3.42. The SMILES string of the molecule is Fc1ccc(/C=C2\CCCCc3cnn(-c4ccc(Cl)cc4Cl)c32)cc1. The zero-order valence-electron chi connectivity index (χ0n) is 14.1. The summed E-state index contributed by atoms with van der Waals surface area (Å²) in [5.41, 5.74) is 5.26. The fourth-order valence-corrected chi connectivity index (χ4v) is 3.88. The molecule has 2 nitrogen and oxygen atoms in total. The number of aromatic nitrogens is 2. The smallest absolute Gasteiger partial charge is 0.123 e. The van der Waals surface area contributed by atoms with Gasteiger partial charge >= 0.3 is 0 Å². The van der Waals surface area contributed by atoms with Gasteiger partial charge in [0.05, 0.1) is 22.6 Å². The Bertz CT molecular complexity index is 974. The first-order valence-corrected chi connectivity index (χ1v) is 9.36. The molecule has 0 saturated carbocycles. The molecule has 0 atom stereocenters. The lowest BCUT2D eigenvalue weighted by atomic mass is 10.0. The normalized spacial score (nSPS) is 15.7. The Morgan fingerprint density at radius 1 is 1.00 bits per heavy atom. The van der Waals surface area contributed by atoms with E-state index in [2.05, 4.69) is 11.2 Å². The molecule has 26 heavy (non-hydrogen) atoms. The maximum Gasteiger partial charge on any atom is 0.123 e. The number of rotatable bonds is 2. The Morgan fingerprint density at radius 2 is 1.77 bits per heavy atom. The van der Waals surface area contributed by atoms with Gasteiger partial charge in [0, 0.05) is 5.02 Å². The van der Waals surface area contributed by atoms with Crippen molar-refractivity contribution < 1.29 is 4.39 Å². The summed E-state index contributed by atoms with van der Waals surface area (Å²) in [5.74, 6) is -0.230. The molecule has 0 fully saturated rings. The van der Waals surface area contributed by atoms with E-state index >= 15 is 0 Å². The largest absolute Gasteiger partial charge is 0.232 e. The van der Waals surface area contributed by atoms with Gasteiger partial charge in [-0.1, -0.05) is 35.3 Å². The van der Waals surface area contributed by atoms with Crippen LogP contribution >= 0.6 is 23.2 Å². The molecule has 1 aliphatic rings. The Morgan fingerprint density at radius 3 is 2.54 bits per heavy atom. The minimum absolute atomic E-state index is 0.230. The highest BCUT2D eigenvalue weighted by Gasteiger charge is 2.20. The number of nitrogens with zero attached hydrogens (tertiary/aromatic N) is 2. The summed E-state index contributed by atoms with van der Waals surface area (Å²) in [6.07, 6.45) is 8.20. The lowest BCUT2D eigenvalue weighted by Gasteiger charge is -2.13. The Kier molecular flexibility index (Phi) is 4.84. The van der Waals surface area contributed by atoms with Gasteiger partial charge in [-0.15, -0.1) is 0 Å². The van der Waals surface area contributed by atoms with E-state index in [1.165, 1.54) is 23.3 Å². The highest BCUT2D eigenvalue weighted by molar-refractivity contribution is 6.35. The highest BCUT2D eigenvalue weighted by atomic mass is 35.5. The fraction of sp³-hybridized carbons (Fsp3) is 0.190. The molecular formula is C21H17Cl2FN2. The Hall–Kier alpha value is -2.10. The second kappa shape index (κ2) is 7.26. The van der Waals surface area contributed by atoms with E-state index < -0.39 is 0 Å². The van der Waals surface area contributed by atoms with E-state index in [1.54, 1.807) is 18.2 Å². The van der Waals surface area contributed by atoms with Gasteiger partial charge in [0.1, 0.15) is 5.82 Å². The molecule has 0 bridgehead atoms. The molecule has 4 rings (SSSR count). The van der Waals surface area contributed by atoms with Gasteiger partial charge in [-0.2, -0.15) is 5.10 Å². The molecule has 1 aliphatic carbocycles. The number of fused-ring (bicyclic) bond motifs is 1. The number of benzene rings is 2. The minimum atomic E-state index is -0.230. The van der Waals surface area contributed by atoms with Crippen molar-refractivity contribution >= 4 is 34.9 Å². The van der Waals surface area contributed by atoms with Gasteiger partial charge in [0.15, 0.2) is 0 Å². The predicted molar refractivity (Wildman–Crippen MR) is 105 cm³/mol. The van der Waals surface area contributed by atoms with Crippen LogP contribution in [-0.2, 0) is 6.42 Å². The van der Waals surface area contributed by atoms with Crippen molar-refractivity contribution in [2.45, 2.75) is 25.7 Å². The molecule has 0 spiro atoms. The van der Waals surface area contributed by atoms with Crippen molar-refractivity contribution in [2.75, 3.05) is 0 Å². The summed E-state index contributed by atoms with van der Waals surface area (Å²) in [6, 6.07) is 12.0. The van der Waals surface area contributed by atoms with E-state index in [9.17, 15) is 4.39 Å². The third-order valence-electron chi connectivity index (χ3n) is 4.64. The third-order valence-corrected chi connectivity index (χ3v) is 5.18. The predicted octanol–water partition coefficient (Wildman–Crippen LogP) is 6.59. The first kappa shape index (κ1) is 17.3. The quantitative estimate of drug-likeness (QED) is 0.454. The number of aryl methyl sites for hydroxylation is 1. The molecule has 0 unspecified atom stereocenters. The van der Waals surface area contributed by atoms with Crippen molar-refractivity contribution in [2.24, 2.45) is 0 Å². The molecule has 0 N–H and O–H groups in total. The first-order valence-electron chi connectivity index (χ1n) is 8.60. The van der Waals surface area contributed by atoms with Crippen LogP contribution in [0.15, 0.2) is 48.7 Å². The summed E-state index contributed by atoms with van der Waals surface area (Å²) in [4.78, 5) is 0. The lowest BCUT2D eigenvalue weighted by molar-refractivity contribution is 0.628. The summed E-state index contributed by atoms with van der Waals surface area (Å²) in [6.45, 7) is 0. The van der Waals surface area contributed by atoms with Gasteiger partial charge in [0.25, 0.3) is 0 Å². The van der Waals surface area contributed by atoms with Crippen LogP contribution in [0.5, 0.6) is 0 Å². The van der Waals surface area contributed by atoms with Gasteiger partial charge in [-0.25, -0.2) is 9.07 Å². The van der Waals surface area contributed by atoms with Crippen LogP contribution in [0, 0.1) is 5.82 Å². The van der Waals surface area contributed by atoms with Crippen LogP contribution in [0.25, 0.3) is 17.3 Å². The van der Waals surface area contributed by atoms with Gasteiger partial charge < -0.3 is 0 Å².